The first-order valence-electron chi connectivity index (χ1n) is 7.51. The lowest BCUT2D eigenvalue weighted by Gasteiger charge is -2.11. The summed E-state index contributed by atoms with van der Waals surface area (Å²) in [6.07, 6.45) is 0.499. The van der Waals surface area contributed by atoms with E-state index in [2.05, 4.69) is 15.3 Å². The minimum absolute atomic E-state index is 0.0316. The molecule has 11 nitrogen and oxygen atoms in total. The van der Waals surface area contributed by atoms with Gasteiger partial charge in [0.25, 0.3) is 5.69 Å². The summed E-state index contributed by atoms with van der Waals surface area (Å²) in [5, 5.41) is 14.7. The summed E-state index contributed by atoms with van der Waals surface area (Å²) in [7, 11) is -2.03. The number of ether oxygens (including phenoxy) is 2. The quantitative estimate of drug-likeness (QED) is 0.316. The van der Waals surface area contributed by atoms with Gasteiger partial charge in [-0.15, -0.1) is 0 Å². The lowest BCUT2D eigenvalue weighted by Crippen LogP contribution is -2.16. The van der Waals surface area contributed by atoms with Crippen LogP contribution >= 0.6 is 0 Å². The number of hydrazone groups is 1. The predicted octanol–water partition coefficient (Wildman–Crippen LogP) is 2.06. The van der Waals surface area contributed by atoms with Crippen LogP contribution in [0.4, 0.5) is 10.5 Å². The molecule has 2 rings (SSSR count). The van der Waals surface area contributed by atoms with Gasteiger partial charge in [0.2, 0.25) is 0 Å². The fourth-order valence-corrected chi connectivity index (χ4v) is 3.13. The van der Waals surface area contributed by atoms with Crippen molar-refractivity contribution in [2.75, 3.05) is 14.2 Å². The first-order chi connectivity index (χ1) is 13.3. The Morgan fingerprint density at radius 3 is 2.54 bits per heavy atom. The summed E-state index contributed by atoms with van der Waals surface area (Å²) in [6.45, 7) is 0. The third kappa shape index (κ3) is 4.94. The molecule has 0 aliphatic heterocycles. The number of nitrogens with zero attached hydrogens (tertiary/aromatic N) is 2. The maximum Gasteiger partial charge on any atom is 0.427 e. The maximum absolute atomic E-state index is 12.5. The lowest BCUT2D eigenvalue weighted by atomic mass is 10.2. The molecule has 0 atom stereocenters. The summed E-state index contributed by atoms with van der Waals surface area (Å²) in [5.41, 5.74) is 1.92. The number of nitro benzene ring substituents is 1. The molecule has 0 fully saturated rings. The average molecular weight is 409 g/mol. The summed E-state index contributed by atoms with van der Waals surface area (Å²) in [4.78, 5) is 20.6. The van der Waals surface area contributed by atoms with E-state index in [1.807, 2.05) is 0 Å². The van der Waals surface area contributed by atoms with Gasteiger partial charge in [-0.3, -0.25) is 10.1 Å². The fourth-order valence-electron chi connectivity index (χ4n) is 2.02. The first-order valence-corrected chi connectivity index (χ1v) is 8.92. The summed E-state index contributed by atoms with van der Waals surface area (Å²) in [6, 6.07) is 8.93. The Labute approximate surface area is 159 Å². The van der Waals surface area contributed by atoms with Crippen molar-refractivity contribution < 1.29 is 31.8 Å². The number of methoxy groups -OCH3 is 2. The summed E-state index contributed by atoms with van der Waals surface area (Å²) < 4.78 is 39.5. The zero-order valence-corrected chi connectivity index (χ0v) is 15.5. The van der Waals surface area contributed by atoms with Crippen LogP contribution in [-0.2, 0) is 14.9 Å². The SMILES string of the molecule is COC(=O)N/N=C/c1ccc(OS(=O)(=O)c2ccccc2[N+](=O)[O-])c(OC)c1. The largest absolute Gasteiger partial charge is 0.493 e. The molecule has 1 N–H and O–H groups in total. The van der Waals surface area contributed by atoms with E-state index in [4.69, 9.17) is 8.92 Å². The fraction of sp³-hybridized carbons (Fsp3) is 0.125. The maximum atomic E-state index is 12.5. The molecule has 28 heavy (non-hydrogen) atoms. The lowest BCUT2D eigenvalue weighted by molar-refractivity contribution is -0.387. The molecule has 0 aromatic heterocycles. The van der Waals surface area contributed by atoms with Crippen molar-refractivity contribution in [3.63, 3.8) is 0 Å². The standard InChI is InChI=1S/C16H15N3O8S/c1-25-14-9-11(10-17-18-16(20)26-2)7-8-13(14)27-28(23,24)15-6-4-3-5-12(15)19(21)22/h3-10H,1-2H3,(H,18,20)/b17-10+. The first kappa shape index (κ1) is 20.6. The number of nitrogens with one attached hydrogen (secondary N) is 1. The molecule has 1 amide bonds. The van der Waals surface area contributed by atoms with Gasteiger partial charge in [-0.1, -0.05) is 12.1 Å². The van der Waals surface area contributed by atoms with E-state index in [9.17, 15) is 23.3 Å². The van der Waals surface area contributed by atoms with Crippen molar-refractivity contribution in [1.29, 1.82) is 0 Å². The molecule has 0 spiro atoms. The van der Waals surface area contributed by atoms with E-state index >= 15 is 0 Å². The van der Waals surface area contributed by atoms with Gasteiger partial charge in [-0.25, -0.2) is 10.2 Å². The van der Waals surface area contributed by atoms with Crippen LogP contribution in [0.1, 0.15) is 5.56 Å². The van der Waals surface area contributed by atoms with Crippen LogP contribution in [0.5, 0.6) is 11.5 Å². The Kier molecular flexibility index (Phi) is 6.50. The van der Waals surface area contributed by atoms with Crippen LogP contribution in [0.15, 0.2) is 52.5 Å². The molecule has 148 valence electrons. The van der Waals surface area contributed by atoms with E-state index in [-0.39, 0.29) is 11.5 Å². The molecule has 0 heterocycles. The Balaban J connectivity index is 2.31. The number of hydrogen-bond acceptors (Lipinski definition) is 9. The Hall–Kier alpha value is -3.67. The molecule has 12 heteroatoms. The summed E-state index contributed by atoms with van der Waals surface area (Å²) in [5.74, 6) is -0.150. The zero-order valence-electron chi connectivity index (χ0n) is 14.7. The molecule has 2 aromatic carbocycles. The van der Waals surface area contributed by atoms with E-state index in [1.54, 1.807) is 0 Å². The van der Waals surface area contributed by atoms with Crippen molar-refractivity contribution in [1.82, 2.24) is 5.43 Å². The van der Waals surface area contributed by atoms with Crippen LogP contribution in [-0.4, -0.2) is 39.9 Å². The van der Waals surface area contributed by atoms with Crippen molar-refractivity contribution in [2.45, 2.75) is 4.90 Å². The molecule has 2 aromatic rings. The van der Waals surface area contributed by atoms with Crippen molar-refractivity contribution in [2.24, 2.45) is 5.10 Å². The highest BCUT2D eigenvalue weighted by Crippen LogP contribution is 2.32. The van der Waals surface area contributed by atoms with Gasteiger partial charge in [0.15, 0.2) is 16.4 Å². The van der Waals surface area contributed by atoms with Crippen LogP contribution in [0.3, 0.4) is 0 Å². The van der Waals surface area contributed by atoms with Gasteiger partial charge in [0.05, 0.1) is 25.4 Å². The number of rotatable bonds is 7. The van der Waals surface area contributed by atoms with Crippen molar-refractivity contribution >= 4 is 28.1 Å². The predicted molar refractivity (Wildman–Crippen MR) is 97.0 cm³/mol. The second-order valence-electron chi connectivity index (χ2n) is 5.03. The van der Waals surface area contributed by atoms with Crippen LogP contribution < -0.4 is 14.3 Å². The number of benzene rings is 2. The van der Waals surface area contributed by atoms with Gasteiger partial charge >= 0.3 is 16.2 Å². The second-order valence-corrected chi connectivity index (χ2v) is 6.55. The number of amides is 1. The van der Waals surface area contributed by atoms with E-state index < -0.39 is 31.7 Å². The van der Waals surface area contributed by atoms with Crippen LogP contribution in [0, 0.1) is 10.1 Å². The molecule has 0 aliphatic carbocycles. The third-order valence-electron chi connectivity index (χ3n) is 3.27. The molecule has 0 bridgehead atoms. The minimum Gasteiger partial charge on any atom is -0.493 e. The smallest absolute Gasteiger partial charge is 0.427 e. The molecular weight excluding hydrogens is 394 g/mol. The molecule has 0 saturated heterocycles. The van der Waals surface area contributed by atoms with Gasteiger partial charge < -0.3 is 13.7 Å². The van der Waals surface area contributed by atoms with Gasteiger partial charge in [-0.2, -0.15) is 13.5 Å². The molecule has 0 aliphatic rings. The highest BCUT2D eigenvalue weighted by Gasteiger charge is 2.28. The molecular formula is C16H15N3O8S. The Morgan fingerprint density at radius 1 is 1.18 bits per heavy atom. The van der Waals surface area contributed by atoms with Crippen LogP contribution in [0.25, 0.3) is 0 Å². The molecule has 0 saturated carbocycles. The highest BCUT2D eigenvalue weighted by atomic mass is 32.2. The Bertz CT molecular complexity index is 1020. The number of carbonyl (C=O) groups is 1. The molecule has 0 radical (unpaired) electrons. The number of hydrogen-bond donors (Lipinski definition) is 1. The summed E-state index contributed by atoms with van der Waals surface area (Å²) >= 11 is 0. The topological polar surface area (TPSA) is 146 Å². The average Bonchev–Trinajstić information content (AvgIpc) is 2.68. The number of carbonyl (C=O) groups excluding carboxylic acids is 1. The Morgan fingerprint density at radius 2 is 1.89 bits per heavy atom. The molecule has 0 unspecified atom stereocenters. The normalized spacial score (nSPS) is 11.1. The van der Waals surface area contributed by atoms with Crippen LogP contribution in [0.2, 0.25) is 0 Å². The third-order valence-corrected chi connectivity index (χ3v) is 4.56. The van der Waals surface area contributed by atoms with Gasteiger partial charge in [0, 0.05) is 6.07 Å². The highest BCUT2D eigenvalue weighted by molar-refractivity contribution is 7.87. The second kappa shape index (κ2) is 8.81. The van der Waals surface area contributed by atoms with E-state index in [1.165, 1.54) is 50.8 Å². The minimum atomic E-state index is -4.49. The van der Waals surface area contributed by atoms with E-state index in [0.717, 1.165) is 12.1 Å². The number of para-hydroxylation sites is 1. The van der Waals surface area contributed by atoms with Gasteiger partial charge in [0.1, 0.15) is 0 Å². The van der Waals surface area contributed by atoms with Crippen molar-refractivity contribution in [3.8, 4) is 11.5 Å². The van der Waals surface area contributed by atoms with E-state index in [0.29, 0.717) is 5.56 Å². The van der Waals surface area contributed by atoms with Gasteiger partial charge in [-0.05, 0) is 29.8 Å². The monoisotopic (exact) mass is 409 g/mol. The zero-order chi connectivity index (χ0) is 20.7. The van der Waals surface area contributed by atoms with Crippen molar-refractivity contribution in [3.05, 3.63) is 58.1 Å². The number of nitro groups is 1.